The third-order valence-electron chi connectivity index (χ3n) is 5.15. The lowest BCUT2D eigenvalue weighted by atomic mass is 9.99. The summed E-state index contributed by atoms with van der Waals surface area (Å²) in [6, 6.07) is 7.99. The largest absolute Gasteiger partial charge is 0.465 e. The number of aryl methyl sites for hydroxylation is 1. The number of piperidine rings is 1. The van der Waals surface area contributed by atoms with Crippen LogP contribution in [-0.4, -0.2) is 40.5 Å². The van der Waals surface area contributed by atoms with Crippen molar-refractivity contribution in [1.29, 1.82) is 0 Å². The van der Waals surface area contributed by atoms with Crippen LogP contribution in [0.5, 0.6) is 0 Å². The van der Waals surface area contributed by atoms with E-state index in [9.17, 15) is 14.0 Å². The van der Waals surface area contributed by atoms with Gasteiger partial charge in [0.2, 0.25) is 0 Å². The Morgan fingerprint density at radius 2 is 2.07 bits per heavy atom. The van der Waals surface area contributed by atoms with Gasteiger partial charge in [0.1, 0.15) is 11.5 Å². The highest BCUT2D eigenvalue weighted by Crippen LogP contribution is 2.23. The monoisotopic (exact) mass is 406 g/mol. The molecule has 0 radical (unpaired) electrons. The van der Waals surface area contributed by atoms with E-state index < -0.39 is 11.8 Å². The molecule has 7 heteroatoms. The molecule has 1 atom stereocenters. The average Bonchev–Trinajstić information content (AvgIpc) is 3.11. The zero-order chi connectivity index (χ0) is 20.1. The summed E-state index contributed by atoms with van der Waals surface area (Å²) in [4.78, 5) is 26.8. The quantitative estimate of drug-likeness (QED) is 0.681. The molecule has 3 rings (SSSR count). The predicted molar refractivity (Wildman–Crippen MR) is 105 cm³/mol. The normalized spacial score (nSPS) is 16.8. The zero-order valence-corrected chi connectivity index (χ0v) is 16.6. The molecule has 1 aliphatic rings. The first-order valence-corrected chi connectivity index (χ1v) is 9.86. The Kier molecular flexibility index (Phi) is 6.73. The molecular formula is C21H24ClFN2O3. The molecule has 1 unspecified atom stereocenters. The Hall–Kier alpha value is -2.34. The maximum atomic E-state index is 13.8. The second kappa shape index (κ2) is 9.24. The molecule has 2 aromatic rings. The number of benzene rings is 1. The molecule has 5 nitrogen and oxygen atoms in total. The van der Waals surface area contributed by atoms with Crippen LogP contribution >= 0.6 is 11.6 Å². The molecule has 0 spiro atoms. The molecular weight excluding hydrogens is 383 g/mol. The molecule has 1 aliphatic heterocycles. The minimum atomic E-state index is -0.525. The summed E-state index contributed by atoms with van der Waals surface area (Å²) < 4.78 is 20.9. The Balaban J connectivity index is 1.54. The first kappa shape index (κ1) is 20.4. The summed E-state index contributed by atoms with van der Waals surface area (Å²) in [7, 11) is 1.85. The van der Waals surface area contributed by atoms with Crippen molar-refractivity contribution >= 4 is 23.5 Å². The van der Waals surface area contributed by atoms with Crippen molar-refractivity contribution in [3.63, 3.8) is 0 Å². The van der Waals surface area contributed by atoms with Gasteiger partial charge in [-0.1, -0.05) is 17.7 Å². The van der Waals surface area contributed by atoms with Crippen LogP contribution in [0, 0.1) is 5.82 Å². The summed E-state index contributed by atoms with van der Waals surface area (Å²) in [5.74, 6) is -1.04. The van der Waals surface area contributed by atoms with Crippen molar-refractivity contribution in [1.82, 2.24) is 9.47 Å². The topological polar surface area (TPSA) is 51.5 Å². The number of carbonyl (C=O) groups excluding carboxylic acids is 2. The first-order valence-electron chi connectivity index (χ1n) is 9.48. The van der Waals surface area contributed by atoms with Gasteiger partial charge in [-0.15, -0.1) is 0 Å². The molecule has 0 N–H and O–H groups in total. The number of aromatic nitrogens is 1. The molecule has 2 heterocycles. The number of amides is 1. The fourth-order valence-electron chi connectivity index (χ4n) is 3.60. The molecule has 1 amide bonds. The fraction of sp³-hybridized carbons (Fsp3) is 0.429. The van der Waals surface area contributed by atoms with Crippen molar-refractivity contribution in [3.05, 3.63) is 58.6 Å². The van der Waals surface area contributed by atoms with Crippen LogP contribution in [0.3, 0.4) is 0 Å². The number of halogens is 2. The van der Waals surface area contributed by atoms with Crippen LogP contribution in [0.4, 0.5) is 4.39 Å². The molecule has 1 saturated heterocycles. The molecule has 1 aromatic heterocycles. The minimum Gasteiger partial charge on any atom is -0.465 e. The number of esters is 1. The molecule has 0 saturated carbocycles. The van der Waals surface area contributed by atoms with Gasteiger partial charge in [0, 0.05) is 42.8 Å². The fourth-order valence-corrected chi connectivity index (χ4v) is 3.83. The molecule has 1 aromatic carbocycles. The molecule has 150 valence electrons. The Morgan fingerprint density at radius 3 is 2.79 bits per heavy atom. The van der Waals surface area contributed by atoms with E-state index in [1.165, 1.54) is 12.1 Å². The predicted octanol–water partition coefficient (Wildman–Crippen LogP) is 3.99. The number of hydrogen-bond acceptors (Lipinski definition) is 3. The summed E-state index contributed by atoms with van der Waals surface area (Å²) in [5.41, 5.74) is 0.797. The number of nitrogens with zero attached hydrogens (tertiary/aromatic N) is 2. The van der Waals surface area contributed by atoms with Crippen molar-refractivity contribution < 1.29 is 18.7 Å². The van der Waals surface area contributed by atoms with Crippen molar-refractivity contribution in [2.75, 3.05) is 13.2 Å². The lowest BCUT2D eigenvalue weighted by Crippen LogP contribution is -2.44. The van der Waals surface area contributed by atoms with Crippen LogP contribution in [-0.2, 0) is 23.0 Å². The Bertz CT molecular complexity index is 832. The third kappa shape index (κ3) is 4.73. The summed E-state index contributed by atoms with van der Waals surface area (Å²) in [5, 5.41) is 0.212. The van der Waals surface area contributed by atoms with Gasteiger partial charge >= 0.3 is 5.97 Å². The number of rotatable bonds is 6. The molecule has 0 aliphatic carbocycles. The summed E-state index contributed by atoms with van der Waals surface area (Å²) in [6.45, 7) is 0.889. The van der Waals surface area contributed by atoms with Gasteiger partial charge in [0.15, 0.2) is 0 Å². The van der Waals surface area contributed by atoms with Crippen LogP contribution in [0.25, 0.3) is 0 Å². The van der Waals surface area contributed by atoms with E-state index in [-0.39, 0.29) is 35.6 Å². The maximum absolute atomic E-state index is 13.8. The van der Waals surface area contributed by atoms with E-state index in [0.29, 0.717) is 18.7 Å². The number of likely N-dealkylation sites (tertiary alicyclic amines) is 1. The summed E-state index contributed by atoms with van der Waals surface area (Å²) in [6.07, 6.45) is 5.10. The standard InChI is InChI=1S/C21H24ClFN2O3/c1-24-11-5-9-19(24)21(27)25-12-3-2-6-15(25)10-13-28-20(26)14-16-17(22)7-4-8-18(16)23/h4-5,7-9,11,15H,2-3,6,10,12-14H2,1H3. The molecule has 0 bridgehead atoms. The maximum Gasteiger partial charge on any atom is 0.310 e. The van der Waals surface area contributed by atoms with E-state index in [0.717, 1.165) is 19.3 Å². The van der Waals surface area contributed by atoms with Crippen LogP contribution in [0.2, 0.25) is 5.02 Å². The van der Waals surface area contributed by atoms with Gasteiger partial charge in [-0.05, 0) is 43.5 Å². The van der Waals surface area contributed by atoms with Crippen LogP contribution in [0.15, 0.2) is 36.5 Å². The van der Waals surface area contributed by atoms with Gasteiger partial charge in [-0.25, -0.2) is 4.39 Å². The van der Waals surface area contributed by atoms with E-state index >= 15 is 0 Å². The van der Waals surface area contributed by atoms with E-state index in [2.05, 4.69) is 0 Å². The van der Waals surface area contributed by atoms with Gasteiger partial charge < -0.3 is 14.2 Å². The lowest BCUT2D eigenvalue weighted by molar-refractivity contribution is -0.143. The second-order valence-electron chi connectivity index (χ2n) is 7.04. The van der Waals surface area contributed by atoms with Crippen LogP contribution < -0.4 is 0 Å². The van der Waals surface area contributed by atoms with E-state index in [1.54, 1.807) is 6.07 Å². The van der Waals surface area contributed by atoms with Gasteiger partial charge in [0.05, 0.1) is 13.0 Å². The lowest BCUT2D eigenvalue weighted by Gasteiger charge is -2.35. The van der Waals surface area contributed by atoms with Crippen molar-refractivity contribution in [3.8, 4) is 0 Å². The molecule has 1 fully saturated rings. The highest BCUT2D eigenvalue weighted by Gasteiger charge is 2.28. The van der Waals surface area contributed by atoms with Gasteiger partial charge in [-0.3, -0.25) is 9.59 Å². The zero-order valence-electron chi connectivity index (χ0n) is 15.9. The van der Waals surface area contributed by atoms with Gasteiger partial charge in [-0.2, -0.15) is 0 Å². The SMILES string of the molecule is Cn1cccc1C(=O)N1CCCCC1CCOC(=O)Cc1c(F)cccc1Cl. The number of carbonyl (C=O) groups is 2. The average molecular weight is 407 g/mol. The smallest absolute Gasteiger partial charge is 0.310 e. The number of ether oxygens (including phenoxy) is 1. The van der Waals surface area contributed by atoms with E-state index in [1.807, 2.05) is 34.8 Å². The highest BCUT2D eigenvalue weighted by atomic mass is 35.5. The van der Waals surface area contributed by atoms with E-state index in [4.69, 9.17) is 16.3 Å². The van der Waals surface area contributed by atoms with Crippen molar-refractivity contribution in [2.45, 2.75) is 38.1 Å². The van der Waals surface area contributed by atoms with Gasteiger partial charge in [0.25, 0.3) is 5.91 Å². The Morgan fingerprint density at radius 1 is 1.25 bits per heavy atom. The number of hydrogen-bond donors (Lipinski definition) is 0. The van der Waals surface area contributed by atoms with Crippen molar-refractivity contribution in [2.24, 2.45) is 7.05 Å². The summed E-state index contributed by atoms with van der Waals surface area (Å²) >= 11 is 5.95. The third-order valence-corrected chi connectivity index (χ3v) is 5.50. The first-order chi connectivity index (χ1) is 13.5. The van der Waals surface area contributed by atoms with Crippen LogP contribution in [0.1, 0.15) is 41.7 Å². The minimum absolute atomic E-state index is 0.00154. The Labute approximate surface area is 169 Å². The molecule has 28 heavy (non-hydrogen) atoms. The second-order valence-corrected chi connectivity index (χ2v) is 7.45. The highest BCUT2D eigenvalue weighted by molar-refractivity contribution is 6.31.